The standard InChI is InChI=1S/C20H27N5O4/c1-14-21-22-23-25(14)13-15-3-5-16(6-4-15)17(26)24-10-7-20(8-11-24)18(27)19(2,28)9-12-29-20/h3-6,18,27-28H,7-13H2,1-2H3/t18-,19+/m0/s1. The minimum absolute atomic E-state index is 0.0398. The summed E-state index contributed by atoms with van der Waals surface area (Å²) in [5.74, 6) is 0.695. The van der Waals surface area contributed by atoms with Crippen LogP contribution in [0.1, 0.15) is 47.9 Å². The quantitative estimate of drug-likeness (QED) is 0.771. The Balaban J connectivity index is 1.39. The van der Waals surface area contributed by atoms with Gasteiger partial charge in [0.2, 0.25) is 0 Å². The molecule has 2 N–H and O–H groups in total. The second kappa shape index (κ2) is 7.47. The molecule has 3 heterocycles. The summed E-state index contributed by atoms with van der Waals surface area (Å²) in [6.07, 6.45) is 0.476. The molecule has 0 unspecified atom stereocenters. The van der Waals surface area contributed by atoms with Gasteiger partial charge in [0.25, 0.3) is 5.91 Å². The van der Waals surface area contributed by atoms with Crippen LogP contribution in [-0.2, 0) is 11.3 Å². The minimum atomic E-state index is -1.15. The molecule has 29 heavy (non-hydrogen) atoms. The van der Waals surface area contributed by atoms with Crippen LogP contribution in [0.4, 0.5) is 0 Å². The Morgan fingerprint density at radius 2 is 1.93 bits per heavy atom. The molecule has 4 rings (SSSR count). The fraction of sp³-hybridized carbons (Fsp3) is 0.600. The summed E-state index contributed by atoms with van der Waals surface area (Å²) < 4.78 is 7.60. The third-order valence-electron chi connectivity index (χ3n) is 6.23. The smallest absolute Gasteiger partial charge is 0.253 e. The number of nitrogens with zero attached hydrogens (tertiary/aromatic N) is 5. The average molecular weight is 401 g/mol. The van der Waals surface area contributed by atoms with Crippen molar-refractivity contribution < 1.29 is 19.7 Å². The predicted molar refractivity (Wildman–Crippen MR) is 103 cm³/mol. The minimum Gasteiger partial charge on any atom is -0.387 e. The number of hydrogen-bond donors (Lipinski definition) is 2. The molecule has 2 aliphatic heterocycles. The number of aryl methyl sites for hydroxylation is 1. The van der Waals surface area contributed by atoms with E-state index in [4.69, 9.17) is 4.74 Å². The molecular weight excluding hydrogens is 374 g/mol. The summed E-state index contributed by atoms with van der Waals surface area (Å²) in [6, 6.07) is 7.45. The van der Waals surface area contributed by atoms with Crippen LogP contribution >= 0.6 is 0 Å². The molecule has 0 saturated carbocycles. The molecule has 9 nitrogen and oxygen atoms in total. The molecule has 2 saturated heterocycles. The number of ether oxygens (including phenoxy) is 1. The van der Waals surface area contributed by atoms with E-state index in [1.54, 1.807) is 16.5 Å². The third-order valence-corrected chi connectivity index (χ3v) is 6.23. The normalized spacial score (nSPS) is 26.6. The molecule has 0 bridgehead atoms. The van der Waals surface area contributed by atoms with Crippen molar-refractivity contribution >= 4 is 5.91 Å². The maximum atomic E-state index is 12.9. The molecule has 9 heteroatoms. The van der Waals surface area contributed by atoms with E-state index in [1.165, 1.54) is 0 Å². The highest BCUT2D eigenvalue weighted by molar-refractivity contribution is 5.94. The molecule has 2 aromatic rings. The van der Waals surface area contributed by atoms with Crippen molar-refractivity contribution in [3.8, 4) is 0 Å². The molecule has 2 fully saturated rings. The molecule has 2 aliphatic rings. The first-order valence-corrected chi connectivity index (χ1v) is 9.96. The van der Waals surface area contributed by atoms with E-state index < -0.39 is 17.3 Å². The number of aromatic nitrogens is 4. The van der Waals surface area contributed by atoms with Gasteiger partial charge in [-0.3, -0.25) is 4.79 Å². The van der Waals surface area contributed by atoms with E-state index in [0.717, 1.165) is 11.4 Å². The molecule has 2 atom stereocenters. The molecule has 0 radical (unpaired) electrons. The van der Waals surface area contributed by atoms with Crippen LogP contribution in [0.15, 0.2) is 24.3 Å². The summed E-state index contributed by atoms with van der Waals surface area (Å²) in [4.78, 5) is 14.7. The Hall–Kier alpha value is -2.36. The van der Waals surface area contributed by atoms with Gasteiger partial charge in [-0.2, -0.15) is 0 Å². The van der Waals surface area contributed by atoms with Gasteiger partial charge >= 0.3 is 0 Å². The van der Waals surface area contributed by atoms with E-state index in [-0.39, 0.29) is 5.91 Å². The summed E-state index contributed by atoms with van der Waals surface area (Å²) >= 11 is 0. The number of benzene rings is 1. The number of aliphatic hydroxyl groups is 2. The van der Waals surface area contributed by atoms with Gasteiger partial charge in [0, 0.05) is 25.1 Å². The highest BCUT2D eigenvalue weighted by Gasteiger charge is 2.52. The topological polar surface area (TPSA) is 114 Å². The van der Waals surface area contributed by atoms with Crippen LogP contribution in [0.25, 0.3) is 0 Å². The van der Waals surface area contributed by atoms with Gasteiger partial charge in [0.1, 0.15) is 17.5 Å². The number of hydrogen-bond acceptors (Lipinski definition) is 7. The zero-order chi connectivity index (χ0) is 20.6. The van der Waals surface area contributed by atoms with Crippen LogP contribution in [0.3, 0.4) is 0 Å². The predicted octanol–water partition coefficient (Wildman–Crippen LogP) is 0.537. The lowest BCUT2D eigenvalue weighted by atomic mass is 9.75. The lowest BCUT2D eigenvalue weighted by molar-refractivity contribution is -0.244. The Labute approximate surface area is 169 Å². The molecule has 156 valence electrons. The van der Waals surface area contributed by atoms with E-state index >= 15 is 0 Å². The maximum absolute atomic E-state index is 12.9. The van der Waals surface area contributed by atoms with Crippen molar-refractivity contribution in [2.45, 2.75) is 57.0 Å². The Morgan fingerprint density at radius 3 is 2.55 bits per heavy atom. The number of likely N-dealkylation sites (tertiary alicyclic amines) is 1. The first-order chi connectivity index (χ1) is 13.8. The van der Waals surface area contributed by atoms with E-state index in [9.17, 15) is 15.0 Å². The Kier molecular flexibility index (Phi) is 5.14. The van der Waals surface area contributed by atoms with Crippen LogP contribution < -0.4 is 0 Å². The number of tetrazole rings is 1. The summed E-state index contributed by atoms with van der Waals surface area (Å²) in [7, 11) is 0. The molecule has 1 aromatic carbocycles. The number of carbonyl (C=O) groups excluding carboxylic acids is 1. The molecule has 0 aliphatic carbocycles. The van der Waals surface area contributed by atoms with Gasteiger partial charge in [0.05, 0.1) is 18.8 Å². The molecular formula is C20H27N5O4. The van der Waals surface area contributed by atoms with Crippen LogP contribution in [0.2, 0.25) is 0 Å². The zero-order valence-corrected chi connectivity index (χ0v) is 16.8. The second-order valence-electron chi connectivity index (χ2n) is 8.30. The average Bonchev–Trinajstić information content (AvgIpc) is 3.11. The SMILES string of the molecule is Cc1nnnn1Cc1ccc(C(=O)N2CCC3(CC2)OCC[C@@](C)(O)[C@@H]3O)cc1. The molecule has 1 amide bonds. The van der Waals surface area contributed by atoms with Gasteiger partial charge in [0.15, 0.2) is 0 Å². The lowest BCUT2D eigenvalue weighted by Gasteiger charge is -2.51. The van der Waals surface area contributed by atoms with E-state index in [1.807, 2.05) is 31.2 Å². The first kappa shape index (κ1) is 19.9. The van der Waals surface area contributed by atoms with Gasteiger partial charge in [-0.15, -0.1) is 5.10 Å². The fourth-order valence-corrected chi connectivity index (χ4v) is 4.25. The van der Waals surface area contributed by atoms with Gasteiger partial charge in [-0.05, 0) is 54.8 Å². The number of carbonyl (C=O) groups is 1. The van der Waals surface area contributed by atoms with Crippen LogP contribution in [0, 0.1) is 6.92 Å². The highest BCUT2D eigenvalue weighted by Crippen LogP contribution is 2.39. The summed E-state index contributed by atoms with van der Waals surface area (Å²) in [5.41, 5.74) is -0.296. The van der Waals surface area contributed by atoms with Crippen molar-refractivity contribution in [1.29, 1.82) is 0 Å². The van der Waals surface area contributed by atoms with Crippen LogP contribution in [0.5, 0.6) is 0 Å². The Morgan fingerprint density at radius 1 is 1.24 bits per heavy atom. The molecule has 1 spiro atoms. The van der Waals surface area contributed by atoms with Crippen molar-refractivity contribution in [3.05, 3.63) is 41.2 Å². The fourth-order valence-electron chi connectivity index (χ4n) is 4.25. The number of aliphatic hydroxyl groups excluding tert-OH is 1. The third kappa shape index (κ3) is 3.77. The number of rotatable bonds is 3. The largest absolute Gasteiger partial charge is 0.387 e. The highest BCUT2D eigenvalue weighted by atomic mass is 16.5. The van der Waals surface area contributed by atoms with Crippen molar-refractivity contribution in [3.63, 3.8) is 0 Å². The summed E-state index contributed by atoms with van der Waals surface area (Å²) in [5, 5.41) is 32.5. The van der Waals surface area contributed by atoms with E-state index in [0.29, 0.717) is 51.1 Å². The number of piperidine rings is 1. The van der Waals surface area contributed by atoms with Crippen molar-refractivity contribution in [2.75, 3.05) is 19.7 Å². The summed E-state index contributed by atoms with van der Waals surface area (Å²) in [6.45, 7) is 5.43. The maximum Gasteiger partial charge on any atom is 0.253 e. The van der Waals surface area contributed by atoms with Crippen LogP contribution in [-0.4, -0.2) is 78.2 Å². The lowest BCUT2D eigenvalue weighted by Crippen LogP contribution is -2.64. The zero-order valence-electron chi connectivity index (χ0n) is 16.8. The van der Waals surface area contributed by atoms with Crippen molar-refractivity contribution in [2.24, 2.45) is 0 Å². The first-order valence-electron chi connectivity index (χ1n) is 9.96. The van der Waals surface area contributed by atoms with Gasteiger partial charge in [-0.25, -0.2) is 4.68 Å². The van der Waals surface area contributed by atoms with Gasteiger partial charge < -0.3 is 19.8 Å². The van der Waals surface area contributed by atoms with Crippen molar-refractivity contribution in [1.82, 2.24) is 25.1 Å². The molecule has 1 aromatic heterocycles. The second-order valence-corrected chi connectivity index (χ2v) is 8.30. The van der Waals surface area contributed by atoms with Gasteiger partial charge in [-0.1, -0.05) is 12.1 Å². The Bertz CT molecular complexity index is 871. The number of amides is 1. The monoisotopic (exact) mass is 401 g/mol. The van der Waals surface area contributed by atoms with E-state index in [2.05, 4.69) is 15.5 Å².